The fraction of sp³-hybridized carbons (Fsp3) is 0.200. The molecule has 1 aliphatic rings. The van der Waals surface area contributed by atoms with Gasteiger partial charge in [-0.25, -0.2) is 4.39 Å². The SMILES string of the molecule is CN=C1S[C@H](CC(=O)Nc2ccccc2F)C(=O)N1/N=C/c1ccc(O)c(OC)c1. The first-order valence-electron chi connectivity index (χ1n) is 8.85. The number of carbonyl (C=O) groups excluding carboxylic acids is 2. The predicted molar refractivity (Wildman–Crippen MR) is 113 cm³/mol. The van der Waals surface area contributed by atoms with Gasteiger partial charge in [-0.3, -0.25) is 14.6 Å². The Hall–Kier alpha value is -3.40. The van der Waals surface area contributed by atoms with E-state index in [2.05, 4.69) is 15.4 Å². The number of thioether (sulfide) groups is 1. The summed E-state index contributed by atoms with van der Waals surface area (Å²) < 4.78 is 18.7. The standard InChI is InChI=1S/C20H19FN4O4S/c1-22-20-25(23-11-12-7-8-15(26)16(9-12)29-2)19(28)17(30-20)10-18(27)24-14-6-4-3-5-13(14)21/h3-9,11,17,26H,10H2,1-2H3,(H,24,27)/b22-20?,23-11+/t17-/m1/s1. The number of methoxy groups -OCH3 is 1. The fourth-order valence-electron chi connectivity index (χ4n) is 2.67. The van der Waals surface area contributed by atoms with Crippen molar-refractivity contribution in [1.82, 2.24) is 5.01 Å². The van der Waals surface area contributed by atoms with Gasteiger partial charge in [0.15, 0.2) is 16.7 Å². The minimum Gasteiger partial charge on any atom is -0.504 e. The molecule has 10 heteroatoms. The average Bonchev–Trinajstić information content (AvgIpc) is 3.03. The second kappa shape index (κ2) is 9.40. The molecule has 0 aromatic heterocycles. The van der Waals surface area contributed by atoms with Crippen LogP contribution >= 0.6 is 11.8 Å². The maximum Gasteiger partial charge on any atom is 0.263 e. The highest BCUT2D eigenvalue weighted by molar-refractivity contribution is 8.15. The highest BCUT2D eigenvalue weighted by Gasteiger charge is 2.39. The van der Waals surface area contributed by atoms with Crippen LogP contribution in [0.5, 0.6) is 11.5 Å². The van der Waals surface area contributed by atoms with Gasteiger partial charge in [-0.05, 0) is 35.9 Å². The molecule has 3 rings (SSSR count). The van der Waals surface area contributed by atoms with Crippen molar-refractivity contribution in [1.29, 1.82) is 0 Å². The number of nitrogens with zero attached hydrogens (tertiary/aromatic N) is 3. The van der Waals surface area contributed by atoms with Crippen molar-refractivity contribution >= 4 is 40.6 Å². The number of amidine groups is 1. The van der Waals surface area contributed by atoms with Crippen molar-refractivity contribution in [3.8, 4) is 11.5 Å². The lowest BCUT2D eigenvalue weighted by Crippen LogP contribution is -2.29. The predicted octanol–water partition coefficient (Wildman–Crippen LogP) is 2.83. The van der Waals surface area contributed by atoms with Crippen LogP contribution < -0.4 is 10.1 Å². The number of aromatic hydroxyl groups is 1. The van der Waals surface area contributed by atoms with Crippen molar-refractivity contribution in [3.63, 3.8) is 0 Å². The van der Waals surface area contributed by atoms with Gasteiger partial charge in [0.25, 0.3) is 5.91 Å². The Kier molecular flexibility index (Phi) is 6.68. The maximum atomic E-state index is 13.7. The first kappa shape index (κ1) is 21.3. The molecular weight excluding hydrogens is 411 g/mol. The first-order chi connectivity index (χ1) is 14.4. The van der Waals surface area contributed by atoms with Gasteiger partial charge in [-0.15, -0.1) is 0 Å². The van der Waals surface area contributed by atoms with E-state index in [1.165, 1.54) is 44.6 Å². The molecule has 0 unspecified atom stereocenters. The van der Waals surface area contributed by atoms with Crippen molar-refractivity contribution < 1.29 is 23.8 Å². The van der Waals surface area contributed by atoms with Crippen LogP contribution in [0.25, 0.3) is 0 Å². The van der Waals surface area contributed by atoms with Gasteiger partial charge in [-0.2, -0.15) is 10.1 Å². The zero-order valence-corrected chi connectivity index (χ0v) is 17.0. The Balaban J connectivity index is 1.69. The number of rotatable bonds is 6. The zero-order valence-electron chi connectivity index (χ0n) is 16.2. The number of para-hydroxylation sites is 1. The molecule has 1 atom stereocenters. The molecule has 2 amide bonds. The van der Waals surface area contributed by atoms with Crippen LogP contribution in [-0.2, 0) is 9.59 Å². The average molecular weight is 430 g/mol. The van der Waals surface area contributed by atoms with Crippen molar-refractivity contribution in [2.24, 2.45) is 10.1 Å². The molecule has 2 aromatic rings. The molecule has 0 saturated carbocycles. The van der Waals surface area contributed by atoms with Gasteiger partial charge in [0.05, 0.1) is 19.0 Å². The minimum atomic E-state index is -0.734. The molecule has 0 radical (unpaired) electrons. The summed E-state index contributed by atoms with van der Waals surface area (Å²) in [6.07, 6.45) is 1.27. The van der Waals surface area contributed by atoms with E-state index in [0.29, 0.717) is 10.7 Å². The summed E-state index contributed by atoms with van der Waals surface area (Å²) in [7, 11) is 2.94. The number of aliphatic imine (C=N–C) groups is 1. The number of hydrazone groups is 1. The summed E-state index contributed by atoms with van der Waals surface area (Å²) in [5, 5.41) is 17.0. The largest absolute Gasteiger partial charge is 0.504 e. The number of hydrogen-bond acceptors (Lipinski definition) is 7. The van der Waals surface area contributed by atoms with Crippen LogP contribution in [0.3, 0.4) is 0 Å². The molecule has 30 heavy (non-hydrogen) atoms. The third-order valence-corrected chi connectivity index (χ3v) is 5.37. The van der Waals surface area contributed by atoms with E-state index in [0.717, 1.165) is 16.8 Å². The van der Waals surface area contributed by atoms with E-state index in [1.807, 2.05) is 0 Å². The highest BCUT2D eigenvalue weighted by Crippen LogP contribution is 2.30. The number of carbonyl (C=O) groups is 2. The van der Waals surface area contributed by atoms with Crippen LogP contribution in [0.1, 0.15) is 12.0 Å². The summed E-state index contributed by atoms with van der Waals surface area (Å²) in [4.78, 5) is 29.0. The number of nitrogens with one attached hydrogen (secondary N) is 1. The Labute approximate surface area is 176 Å². The molecule has 0 aliphatic carbocycles. The summed E-state index contributed by atoms with van der Waals surface area (Å²) in [5.41, 5.74) is 0.650. The van der Waals surface area contributed by atoms with E-state index in [4.69, 9.17) is 4.74 Å². The maximum absolute atomic E-state index is 13.7. The summed E-state index contributed by atoms with van der Waals surface area (Å²) in [6, 6.07) is 10.4. The second-order valence-electron chi connectivity index (χ2n) is 6.17. The number of amides is 2. The lowest BCUT2D eigenvalue weighted by molar-refractivity contribution is -0.128. The summed E-state index contributed by atoms with van der Waals surface area (Å²) >= 11 is 1.11. The van der Waals surface area contributed by atoms with E-state index >= 15 is 0 Å². The smallest absolute Gasteiger partial charge is 0.263 e. The van der Waals surface area contributed by atoms with Gasteiger partial charge < -0.3 is 15.2 Å². The van der Waals surface area contributed by atoms with E-state index in [1.54, 1.807) is 18.2 Å². The van der Waals surface area contributed by atoms with Gasteiger partial charge in [-0.1, -0.05) is 23.9 Å². The lowest BCUT2D eigenvalue weighted by Gasteiger charge is -2.10. The van der Waals surface area contributed by atoms with Gasteiger partial charge in [0, 0.05) is 13.5 Å². The van der Waals surface area contributed by atoms with E-state index in [9.17, 15) is 19.1 Å². The van der Waals surface area contributed by atoms with E-state index in [-0.39, 0.29) is 23.6 Å². The van der Waals surface area contributed by atoms with Crippen LogP contribution in [-0.4, -0.2) is 52.7 Å². The van der Waals surface area contributed by atoms with Gasteiger partial charge >= 0.3 is 0 Å². The first-order valence-corrected chi connectivity index (χ1v) is 9.73. The van der Waals surface area contributed by atoms with Gasteiger partial charge in [0.1, 0.15) is 11.1 Å². The number of hydrogen-bond donors (Lipinski definition) is 2. The molecule has 2 N–H and O–H groups in total. The fourth-order valence-corrected chi connectivity index (χ4v) is 3.70. The summed E-state index contributed by atoms with van der Waals surface area (Å²) in [5.74, 6) is -1.20. The molecule has 1 aliphatic heterocycles. The van der Waals surface area contributed by atoms with Crippen molar-refractivity contribution in [2.45, 2.75) is 11.7 Å². The molecule has 0 bridgehead atoms. The van der Waals surface area contributed by atoms with Crippen LogP contribution in [0.15, 0.2) is 52.6 Å². The molecular formula is C20H19FN4O4S. The second-order valence-corrected chi connectivity index (χ2v) is 7.34. The number of phenols is 1. The van der Waals surface area contributed by atoms with Crippen LogP contribution in [0, 0.1) is 5.82 Å². The normalized spacial score (nSPS) is 17.7. The molecule has 8 nitrogen and oxygen atoms in total. The van der Waals surface area contributed by atoms with Crippen molar-refractivity contribution in [2.75, 3.05) is 19.5 Å². The minimum absolute atomic E-state index is 0.0146. The Morgan fingerprint density at radius 2 is 2.13 bits per heavy atom. The number of benzene rings is 2. The zero-order chi connectivity index (χ0) is 21.7. The van der Waals surface area contributed by atoms with Crippen LogP contribution in [0.4, 0.5) is 10.1 Å². The highest BCUT2D eigenvalue weighted by atomic mass is 32.2. The Morgan fingerprint density at radius 3 is 2.83 bits per heavy atom. The van der Waals surface area contributed by atoms with Gasteiger partial charge in [0.2, 0.25) is 5.91 Å². The summed E-state index contributed by atoms with van der Waals surface area (Å²) in [6.45, 7) is 0. The number of ether oxygens (including phenoxy) is 1. The quantitative estimate of drug-likeness (QED) is 0.686. The van der Waals surface area contributed by atoms with Crippen molar-refractivity contribution in [3.05, 3.63) is 53.8 Å². The lowest BCUT2D eigenvalue weighted by atomic mass is 10.2. The molecule has 156 valence electrons. The molecule has 1 fully saturated rings. The Morgan fingerprint density at radius 1 is 1.37 bits per heavy atom. The molecule has 0 spiro atoms. The number of halogens is 1. The molecule has 1 heterocycles. The Bertz CT molecular complexity index is 1030. The molecule has 1 saturated heterocycles. The third-order valence-electron chi connectivity index (χ3n) is 4.15. The topological polar surface area (TPSA) is 104 Å². The van der Waals surface area contributed by atoms with Crippen LogP contribution in [0.2, 0.25) is 0 Å². The third kappa shape index (κ3) is 4.77. The number of anilines is 1. The molecule has 2 aromatic carbocycles. The van der Waals surface area contributed by atoms with E-state index < -0.39 is 22.9 Å². The monoisotopic (exact) mass is 430 g/mol. The number of phenolic OH excluding ortho intramolecular Hbond substituents is 1.